The average molecular weight is 301 g/mol. The quantitative estimate of drug-likeness (QED) is 0.831. The number of rotatable bonds is 5. The molecule has 0 spiro atoms. The van der Waals surface area contributed by atoms with Gasteiger partial charge in [0.05, 0.1) is 11.4 Å². The van der Waals surface area contributed by atoms with Crippen molar-refractivity contribution in [1.29, 1.82) is 0 Å². The van der Waals surface area contributed by atoms with Crippen molar-refractivity contribution in [2.75, 3.05) is 29.0 Å². The van der Waals surface area contributed by atoms with Crippen LogP contribution >= 0.6 is 0 Å². The summed E-state index contributed by atoms with van der Waals surface area (Å²) in [7, 11) is 0. The van der Waals surface area contributed by atoms with E-state index in [1.54, 1.807) is 6.07 Å². The molecule has 116 valence electrons. The first-order chi connectivity index (χ1) is 10.5. The summed E-state index contributed by atoms with van der Waals surface area (Å²) in [6, 6.07) is 10.8. The third-order valence-corrected chi connectivity index (χ3v) is 3.50. The van der Waals surface area contributed by atoms with Crippen molar-refractivity contribution in [2.45, 2.75) is 13.8 Å². The van der Waals surface area contributed by atoms with E-state index in [1.807, 2.05) is 12.1 Å². The zero-order valence-corrected chi connectivity index (χ0v) is 12.8. The van der Waals surface area contributed by atoms with Gasteiger partial charge in [-0.05, 0) is 56.3 Å². The topological polar surface area (TPSA) is 58.4 Å². The largest absolute Gasteiger partial charge is 0.397 e. The Morgan fingerprint density at radius 3 is 2.32 bits per heavy atom. The molecule has 0 saturated carbocycles. The summed E-state index contributed by atoms with van der Waals surface area (Å²) in [5.41, 5.74) is 8.64. The number of nitrogens with two attached hydrogens (primary N) is 1. The fourth-order valence-electron chi connectivity index (χ4n) is 2.29. The van der Waals surface area contributed by atoms with Crippen LogP contribution in [-0.2, 0) is 0 Å². The number of anilines is 3. The Morgan fingerprint density at radius 2 is 1.77 bits per heavy atom. The summed E-state index contributed by atoms with van der Waals surface area (Å²) < 4.78 is 12.9. The summed E-state index contributed by atoms with van der Waals surface area (Å²) in [6.07, 6.45) is 0. The van der Waals surface area contributed by atoms with Gasteiger partial charge in [-0.15, -0.1) is 0 Å². The SMILES string of the molecule is CCN(CC)c1ccc(NC(=O)c2ccc(F)cc2)cc1N. The van der Waals surface area contributed by atoms with Gasteiger partial charge in [0.25, 0.3) is 5.91 Å². The lowest BCUT2D eigenvalue weighted by Crippen LogP contribution is -2.23. The fourth-order valence-corrected chi connectivity index (χ4v) is 2.29. The molecule has 2 aromatic rings. The van der Waals surface area contributed by atoms with Gasteiger partial charge in [-0.25, -0.2) is 4.39 Å². The summed E-state index contributed by atoms with van der Waals surface area (Å²) >= 11 is 0. The first-order valence-corrected chi connectivity index (χ1v) is 7.26. The number of carbonyl (C=O) groups is 1. The minimum Gasteiger partial charge on any atom is -0.397 e. The van der Waals surface area contributed by atoms with Crippen molar-refractivity contribution in [1.82, 2.24) is 0 Å². The van der Waals surface area contributed by atoms with E-state index in [1.165, 1.54) is 24.3 Å². The Morgan fingerprint density at radius 1 is 1.14 bits per heavy atom. The second kappa shape index (κ2) is 6.93. The predicted molar refractivity (Wildman–Crippen MR) is 88.8 cm³/mol. The third-order valence-electron chi connectivity index (χ3n) is 3.50. The van der Waals surface area contributed by atoms with Crippen LogP contribution in [0.15, 0.2) is 42.5 Å². The van der Waals surface area contributed by atoms with Crippen molar-refractivity contribution >= 4 is 23.0 Å². The molecule has 0 heterocycles. The van der Waals surface area contributed by atoms with Gasteiger partial charge < -0.3 is 16.0 Å². The number of nitrogen functional groups attached to an aromatic ring is 1. The van der Waals surface area contributed by atoms with Crippen LogP contribution in [0.25, 0.3) is 0 Å². The maximum Gasteiger partial charge on any atom is 0.255 e. The predicted octanol–water partition coefficient (Wildman–Crippen LogP) is 3.51. The highest BCUT2D eigenvalue weighted by Crippen LogP contribution is 2.26. The van der Waals surface area contributed by atoms with E-state index >= 15 is 0 Å². The van der Waals surface area contributed by atoms with Gasteiger partial charge in [-0.2, -0.15) is 0 Å². The highest BCUT2D eigenvalue weighted by Gasteiger charge is 2.10. The number of nitrogens with one attached hydrogen (secondary N) is 1. The zero-order chi connectivity index (χ0) is 16.1. The van der Waals surface area contributed by atoms with Gasteiger partial charge in [-0.3, -0.25) is 4.79 Å². The molecule has 0 aliphatic rings. The van der Waals surface area contributed by atoms with E-state index in [0.29, 0.717) is 16.9 Å². The molecular formula is C17H20FN3O. The van der Waals surface area contributed by atoms with Gasteiger partial charge in [0.2, 0.25) is 0 Å². The number of halogens is 1. The standard InChI is InChI=1S/C17H20FN3O/c1-3-21(4-2)16-10-9-14(11-15(16)19)20-17(22)12-5-7-13(18)8-6-12/h5-11H,3-4,19H2,1-2H3,(H,20,22). The van der Waals surface area contributed by atoms with E-state index in [0.717, 1.165) is 18.8 Å². The number of benzene rings is 2. The molecule has 2 rings (SSSR count). The third kappa shape index (κ3) is 3.55. The molecule has 0 aliphatic carbocycles. The molecular weight excluding hydrogens is 281 g/mol. The minimum absolute atomic E-state index is 0.296. The van der Waals surface area contributed by atoms with E-state index in [9.17, 15) is 9.18 Å². The molecule has 0 saturated heterocycles. The van der Waals surface area contributed by atoms with Crippen LogP contribution < -0.4 is 16.0 Å². The summed E-state index contributed by atoms with van der Waals surface area (Å²) in [5.74, 6) is -0.667. The normalized spacial score (nSPS) is 10.3. The Kier molecular flexibility index (Phi) is 4.99. The first kappa shape index (κ1) is 15.8. The van der Waals surface area contributed by atoms with Crippen LogP contribution in [0, 0.1) is 5.82 Å². The highest BCUT2D eigenvalue weighted by molar-refractivity contribution is 6.04. The molecule has 5 heteroatoms. The average Bonchev–Trinajstić information content (AvgIpc) is 2.51. The summed E-state index contributed by atoms with van der Waals surface area (Å²) in [4.78, 5) is 14.2. The Labute approximate surface area is 129 Å². The van der Waals surface area contributed by atoms with Gasteiger partial charge in [0, 0.05) is 24.3 Å². The molecule has 22 heavy (non-hydrogen) atoms. The van der Waals surface area contributed by atoms with Gasteiger partial charge in [0.1, 0.15) is 5.82 Å². The number of nitrogens with zero attached hydrogens (tertiary/aromatic N) is 1. The molecule has 0 unspecified atom stereocenters. The summed E-state index contributed by atoms with van der Waals surface area (Å²) in [5, 5.41) is 2.76. The van der Waals surface area contributed by atoms with Crippen molar-refractivity contribution < 1.29 is 9.18 Å². The minimum atomic E-state index is -0.371. The molecule has 4 nitrogen and oxygen atoms in total. The fraction of sp³-hybridized carbons (Fsp3) is 0.235. The summed E-state index contributed by atoms with van der Waals surface area (Å²) in [6.45, 7) is 5.85. The van der Waals surface area contributed by atoms with Crippen molar-refractivity contribution in [3.63, 3.8) is 0 Å². The van der Waals surface area contributed by atoms with E-state index < -0.39 is 0 Å². The molecule has 0 fully saturated rings. The van der Waals surface area contributed by atoms with E-state index in [4.69, 9.17) is 5.73 Å². The van der Waals surface area contributed by atoms with Crippen LogP contribution in [0.5, 0.6) is 0 Å². The van der Waals surface area contributed by atoms with Crippen molar-refractivity contribution in [3.8, 4) is 0 Å². The number of carbonyl (C=O) groups excluding carboxylic acids is 1. The smallest absolute Gasteiger partial charge is 0.255 e. The van der Waals surface area contributed by atoms with Crippen LogP contribution in [0.2, 0.25) is 0 Å². The second-order valence-electron chi connectivity index (χ2n) is 4.91. The Bertz CT molecular complexity index is 651. The van der Waals surface area contributed by atoms with Crippen LogP contribution in [0.3, 0.4) is 0 Å². The Balaban J connectivity index is 2.15. The van der Waals surface area contributed by atoms with E-state index in [-0.39, 0.29) is 11.7 Å². The monoisotopic (exact) mass is 301 g/mol. The van der Waals surface area contributed by atoms with Gasteiger partial charge >= 0.3 is 0 Å². The molecule has 0 atom stereocenters. The van der Waals surface area contributed by atoms with Crippen LogP contribution in [0.1, 0.15) is 24.2 Å². The molecule has 0 bridgehead atoms. The van der Waals surface area contributed by atoms with Gasteiger partial charge in [-0.1, -0.05) is 0 Å². The zero-order valence-electron chi connectivity index (χ0n) is 12.8. The molecule has 3 N–H and O–H groups in total. The first-order valence-electron chi connectivity index (χ1n) is 7.26. The maximum atomic E-state index is 12.9. The van der Waals surface area contributed by atoms with Crippen LogP contribution in [0.4, 0.5) is 21.5 Å². The molecule has 1 amide bonds. The highest BCUT2D eigenvalue weighted by atomic mass is 19.1. The van der Waals surface area contributed by atoms with Crippen molar-refractivity contribution in [3.05, 3.63) is 53.8 Å². The van der Waals surface area contributed by atoms with Crippen LogP contribution in [-0.4, -0.2) is 19.0 Å². The number of hydrogen-bond acceptors (Lipinski definition) is 3. The molecule has 0 aromatic heterocycles. The molecule has 2 aromatic carbocycles. The van der Waals surface area contributed by atoms with Crippen molar-refractivity contribution in [2.24, 2.45) is 0 Å². The second-order valence-corrected chi connectivity index (χ2v) is 4.91. The Hall–Kier alpha value is -2.56. The molecule has 0 radical (unpaired) electrons. The maximum absolute atomic E-state index is 12.9. The van der Waals surface area contributed by atoms with Gasteiger partial charge in [0.15, 0.2) is 0 Å². The lowest BCUT2D eigenvalue weighted by Gasteiger charge is -2.23. The van der Waals surface area contributed by atoms with E-state index in [2.05, 4.69) is 24.1 Å². The molecule has 0 aliphatic heterocycles. The number of hydrogen-bond donors (Lipinski definition) is 2. The lowest BCUT2D eigenvalue weighted by molar-refractivity contribution is 0.102. The lowest BCUT2D eigenvalue weighted by atomic mass is 10.2. The number of amides is 1.